The predicted molar refractivity (Wildman–Crippen MR) is 119 cm³/mol. The van der Waals surface area contributed by atoms with E-state index in [-0.39, 0.29) is 6.04 Å². The minimum Gasteiger partial charge on any atom is -0.497 e. The lowest BCUT2D eigenvalue weighted by Crippen LogP contribution is -2.41. The standard InChI is InChI=1S/C23H34N4O3/c1-3-24-23(26-17-21(28)22-8-7-15-30-22)25-16-20(27-13-5-4-6-14-27)18-9-11-19(29-2)12-10-18/h7-12,15,20-21,28H,3-6,13-14,16-17H2,1-2H3,(H2,24,25,26). The minimum absolute atomic E-state index is 0.210. The van der Waals surface area contributed by atoms with Gasteiger partial charge in [-0.1, -0.05) is 18.6 Å². The van der Waals surface area contributed by atoms with E-state index in [0.717, 1.165) is 25.4 Å². The third kappa shape index (κ3) is 6.24. The van der Waals surface area contributed by atoms with Gasteiger partial charge >= 0.3 is 0 Å². The van der Waals surface area contributed by atoms with Crippen molar-refractivity contribution in [1.29, 1.82) is 0 Å². The van der Waals surface area contributed by atoms with Crippen LogP contribution >= 0.6 is 0 Å². The van der Waals surface area contributed by atoms with E-state index < -0.39 is 6.10 Å². The largest absolute Gasteiger partial charge is 0.497 e. The number of benzene rings is 1. The molecule has 0 saturated carbocycles. The Balaban J connectivity index is 1.70. The number of ether oxygens (including phenoxy) is 1. The van der Waals surface area contributed by atoms with Crippen LogP contribution in [0.2, 0.25) is 0 Å². The van der Waals surface area contributed by atoms with E-state index in [4.69, 9.17) is 14.1 Å². The van der Waals surface area contributed by atoms with Crippen LogP contribution in [-0.4, -0.2) is 55.8 Å². The van der Waals surface area contributed by atoms with Crippen LogP contribution in [-0.2, 0) is 0 Å². The third-order valence-electron chi connectivity index (χ3n) is 5.43. The van der Waals surface area contributed by atoms with Gasteiger partial charge < -0.3 is 24.9 Å². The second-order valence-electron chi connectivity index (χ2n) is 7.52. The van der Waals surface area contributed by atoms with Gasteiger partial charge in [-0.3, -0.25) is 9.89 Å². The molecule has 30 heavy (non-hydrogen) atoms. The molecule has 2 atom stereocenters. The highest BCUT2D eigenvalue weighted by molar-refractivity contribution is 5.79. The number of piperidine rings is 1. The summed E-state index contributed by atoms with van der Waals surface area (Å²) in [6, 6.07) is 12.0. The molecule has 0 amide bonds. The zero-order valence-corrected chi connectivity index (χ0v) is 18.0. The van der Waals surface area contributed by atoms with Crippen LogP contribution in [0, 0.1) is 0 Å². The molecule has 2 aromatic rings. The Morgan fingerprint density at radius 2 is 1.93 bits per heavy atom. The molecule has 7 nitrogen and oxygen atoms in total. The Bertz CT molecular complexity index is 755. The Labute approximate surface area is 179 Å². The van der Waals surface area contributed by atoms with E-state index >= 15 is 0 Å². The molecule has 164 valence electrons. The maximum atomic E-state index is 10.3. The fourth-order valence-corrected chi connectivity index (χ4v) is 3.78. The molecular weight excluding hydrogens is 380 g/mol. The summed E-state index contributed by atoms with van der Waals surface area (Å²) in [5, 5.41) is 16.8. The summed E-state index contributed by atoms with van der Waals surface area (Å²) in [7, 11) is 1.69. The SMILES string of the molecule is CCNC(=NCC(c1ccc(OC)cc1)N1CCCCC1)NCC(O)c1ccco1. The second kappa shape index (κ2) is 11.6. The summed E-state index contributed by atoms with van der Waals surface area (Å²) in [6.45, 7) is 5.93. The Morgan fingerprint density at radius 3 is 2.57 bits per heavy atom. The van der Waals surface area contributed by atoms with Gasteiger partial charge in [0.15, 0.2) is 5.96 Å². The zero-order chi connectivity index (χ0) is 21.2. The van der Waals surface area contributed by atoms with E-state index in [1.807, 2.05) is 19.1 Å². The highest BCUT2D eigenvalue weighted by Gasteiger charge is 2.22. The molecule has 1 fully saturated rings. The zero-order valence-electron chi connectivity index (χ0n) is 18.0. The molecule has 1 aromatic heterocycles. The quantitative estimate of drug-likeness (QED) is 0.432. The summed E-state index contributed by atoms with van der Waals surface area (Å²) < 4.78 is 10.6. The number of furan rings is 1. The lowest BCUT2D eigenvalue weighted by molar-refractivity contribution is 0.152. The van der Waals surface area contributed by atoms with Gasteiger partial charge in [0.2, 0.25) is 0 Å². The van der Waals surface area contributed by atoms with Crippen molar-refractivity contribution in [2.24, 2.45) is 4.99 Å². The number of guanidine groups is 1. The molecule has 3 N–H and O–H groups in total. The van der Waals surface area contributed by atoms with Crippen LogP contribution in [0.1, 0.15) is 49.7 Å². The van der Waals surface area contributed by atoms with Crippen LogP contribution in [0.15, 0.2) is 52.1 Å². The molecule has 0 bridgehead atoms. The van der Waals surface area contributed by atoms with Crippen molar-refractivity contribution in [3.05, 3.63) is 54.0 Å². The van der Waals surface area contributed by atoms with Gasteiger partial charge in [0.1, 0.15) is 17.6 Å². The number of aliphatic imine (C=N–C) groups is 1. The lowest BCUT2D eigenvalue weighted by atomic mass is 10.0. The number of aliphatic hydroxyl groups excluding tert-OH is 1. The molecule has 1 aromatic carbocycles. The van der Waals surface area contributed by atoms with Crippen molar-refractivity contribution in [2.75, 3.05) is 39.8 Å². The van der Waals surface area contributed by atoms with Crippen LogP contribution in [0.25, 0.3) is 0 Å². The summed E-state index contributed by atoms with van der Waals surface area (Å²) in [5.41, 5.74) is 1.24. The second-order valence-corrected chi connectivity index (χ2v) is 7.52. The normalized spacial score (nSPS) is 17.4. The fraction of sp³-hybridized carbons (Fsp3) is 0.522. The number of hydrogen-bond acceptors (Lipinski definition) is 5. The Hall–Kier alpha value is -2.51. The Kier molecular flexibility index (Phi) is 8.59. The van der Waals surface area contributed by atoms with E-state index in [2.05, 4.69) is 27.7 Å². The summed E-state index contributed by atoms with van der Waals surface area (Å²) >= 11 is 0. The van der Waals surface area contributed by atoms with Gasteiger partial charge in [0.05, 0.1) is 32.5 Å². The van der Waals surface area contributed by atoms with Gasteiger partial charge in [-0.25, -0.2) is 0 Å². The van der Waals surface area contributed by atoms with Gasteiger partial charge in [0.25, 0.3) is 0 Å². The van der Waals surface area contributed by atoms with Crippen molar-refractivity contribution in [3.8, 4) is 5.75 Å². The van der Waals surface area contributed by atoms with Crippen LogP contribution in [0.5, 0.6) is 5.75 Å². The molecule has 1 aliphatic heterocycles. The molecule has 2 heterocycles. The average molecular weight is 415 g/mol. The maximum absolute atomic E-state index is 10.3. The van der Waals surface area contributed by atoms with E-state index in [1.54, 1.807) is 25.5 Å². The number of likely N-dealkylation sites (tertiary alicyclic amines) is 1. The van der Waals surface area contributed by atoms with Crippen molar-refractivity contribution in [2.45, 2.75) is 38.3 Å². The molecule has 7 heteroatoms. The number of methoxy groups -OCH3 is 1. The molecule has 0 aliphatic carbocycles. The van der Waals surface area contributed by atoms with Crippen molar-refractivity contribution in [1.82, 2.24) is 15.5 Å². The molecule has 1 aliphatic rings. The number of hydrogen-bond donors (Lipinski definition) is 3. The molecule has 0 spiro atoms. The van der Waals surface area contributed by atoms with Gasteiger partial charge in [-0.05, 0) is 62.7 Å². The molecule has 3 rings (SSSR count). The highest BCUT2D eigenvalue weighted by atomic mass is 16.5. The smallest absolute Gasteiger partial charge is 0.191 e. The number of aliphatic hydroxyl groups is 1. The first-order valence-corrected chi connectivity index (χ1v) is 10.8. The van der Waals surface area contributed by atoms with Crippen LogP contribution in [0.4, 0.5) is 0 Å². The summed E-state index contributed by atoms with van der Waals surface area (Å²) in [6.07, 6.45) is 4.59. The average Bonchev–Trinajstić information content (AvgIpc) is 3.33. The molecule has 0 radical (unpaired) electrons. The summed E-state index contributed by atoms with van der Waals surface area (Å²) in [4.78, 5) is 7.36. The topological polar surface area (TPSA) is 82.3 Å². The number of rotatable bonds is 9. The fourth-order valence-electron chi connectivity index (χ4n) is 3.78. The van der Waals surface area contributed by atoms with Crippen LogP contribution in [0.3, 0.4) is 0 Å². The minimum atomic E-state index is -0.719. The van der Waals surface area contributed by atoms with E-state index in [0.29, 0.717) is 24.8 Å². The van der Waals surface area contributed by atoms with Gasteiger partial charge in [-0.2, -0.15) is 0 Å². The van der Waals surface area contributed by atoms with E-state index in [1.165, 1.54) is 24.8 Å². The first kappa shape index (κ1) is 22.2. The first-order chi connectivity index (χ1) is 14.7. The van der Waals surface area contributed by atoms with Crippen LogP contribution < -0.4 is 15.4 Å². The van der Waals surface area contributed by atoms with Crippen molar-refractivity contribution < 1.29 is 14.3 Å². The van der Waals surface area contributed by atoms with Gasteiger partial charge in [0, 0.05) is 6.54 Å². The number of nitrogens with zero attached hydrogens (tertiary/aromatic N) is 2. The lowest BCUT2D eigenvalue weighted by Gasteiger charge is -2.34. The monoisotopic (exact) mass is 414 g/mol. The maximum Gasteiger partial charge on any atom is 0.191 e. The number of nitrogens with one attached hydrogen (secondary N) is 2. The predicted octanol–water partition coefficient (Wildman–Crippen LogP) is 3.10. The third-order valence-corrected chi connectivity index (χ3v) is 5.43. The highest BCUT2D eigenvalue weighted by Crippen LogP contribution is 2.26. The molecular formula is C23H34N4O3. The molecule has 2 unspecified atom stereocenters. The summed E-state index contributed by atoms with van der Waals surface area (Å²) in [5.74, 6) is 2.10. The van der Waals surface area contributed by atoms with Crippen molar-refractivity contribution >= 4 is 5.96 Å². The van der Waals surface area contributed by atoms with E-state index in [9.17, 15) is 5.11 Å². The molecule has 1 saturated heterocycles. The first-order valence-electron chi connectivity index (χ1n) is 10.8. The Morgan fingerprint density at radius 1 is 1.17 bits per heavy atom. The van der Waals surface area contributed by atoms with Crippen molar-refractivity contribution in [3.63, 3.8) is 0 Å². The van der Waals surface area contributed by atoms with Gasteiger partial charge in [-0.15, -0.1) is 0 Å².